The summed E-state index contributed by atoms with van der Waals surface area (Å²) in [5.74, 6) is 4.18. The Bertz CT molecular complexity index is 582. The maximum atomic E-state index is 4.50. The minimum absolute atomic E-state index is 0.693. The molecule has 0 aromatic carbocycles. The van der Waals surface area contributed by atoms with Crippen molar-refractivity contribution in [2.75, 3.05) is 37.7 Å². The van der Waals surface area contributed by atoms with Crippen LogP contribution in [-0.2, 0) is 6.54 Å². The molecule has 0 spiro atoms. The van der Waals surface area contributed by atoms with Gasteiger partial charge in [0.2, 0.25) is 0 Å². The molecule has 2 aliphatic rings. The molecule has 4 rings (SSSR count). The molecule has 0 radical (unpaired) electrons. The Morgan fingerprint density at radius 2 is 1.95 bits per heavy atom. The monoisotopic (exact) mass is 318 g/mol. The molecule has 0 N–H and O–H groups in total. The molecule has 22 heavy (non-hydrogen) atoms. The number of rotatable bonds is 3. The van der Waals surface area contributed by atoms with Crippen molar-refractivity contribution < 1.29 is 0 Å². The molecule has 2 saturated heterocycles. The van der Waals surface area contributed by atoms with E-state index in [1.807, 2.05) is 12.3 Å². The van der Waals surface area contributed by atoms with E-state index >= 15 is 0 Å². The first-order chi connectivity index (χ1) is 10.9. The summed E-state index contributed by atoms with van der Waals surface area (Å²) in [6.07, 6.45) is 6.21. The second-order valence-corrected chi connectivity index (χ2v) is 7.27. The lowest BCUT2D eigenvalue weighted by molar-refractivity contribution is 0.111. The highest BCUT2D eigenvalue weighted by Gasteiger charge is 2.26. The average Bonchev–Trinajstić information content (AvgIpc) is 2.98. The van der Waals surface area contributed by atoms with Crippen LogP contribution in [0.5, 0.6) is 0 Å². The van der Waals surface area contributed by atoms with E-state index in [0.717, 1.165) is 31.5 Å². The maximum Gasteiger partial charge on any atom is 0.252 e. The number of fused-ring (bicyclic) bond motifs is 1. The van der Waals surface area contributed by atoms with Gasteiger partial charge in [-0.2, -0.15) is 16.7 Å². The fourth-order valence-electron chi connectivity index (χ4n) is 3.43. The third kappa shape index (κ3) is 3.11. The molecule has 7 heteroatoms. The molecular weight excluding hydrogens is 296 g/mol. The highest BCUT2D eigenvalue weighted by molar-refractivity contribution is 7.99. The summed E-state index contributed by atoms with van der Waals surface area (Å²) in [7, 11) is 0. The summed E-state index contributed by atoms with van der Waals surface area (Å²) in [4.78, 5) is 13.9. The van der Waals surface area contributed by atoms with Gasteiger partial charge in [0, 0.05) is 56.1 Å². The topological polar surface area (TPSA) is 49.6 Å². The van der Waals surface area contributed by atoms with Crippen LogP contribution in [-0.4, -0.2) is 73.1 Å². The third-order valence-corrected chi connectivity index (χ3v) is 5.59. The van der Waals surface area contributed by atoms with Crippen LogP contribution in [0.15, 0.2) is 18.5 Å². The molecule has 0 amide bonds. The number of likely N-dealkylation sites (tertiary alicyclic amines) is 1. The van der Waals surface area contributed by atoms with Crippen LogP contribution in [0.3, 0.4) is 0 Å². The lowest BCUT2D eigenvalue weighted by atomic mass is 10.0. The summed E-state index contributed by atoms with van der Waals surface area (Å²) in [6, 6.07) is 2.67. The van der Waals surface area contributed by atoms with E-state index in [1.54, 1.807) is 10.7 Å². The van der Waals surface area contributed by atoms with Gasteiger partial charge in [-0.3, -0.25) is 9.80 Å². The fraction of sp³-hybridized carbons (Fsp3) is 0.667. The molecule has 0 saturated carbocycles. The molecule has 0 bridgehead atoms. The Morgan fingerprint density at radius 3 is 2.73 bits per heavy atom. The maximum absolute atomic E-state index is 4.50. The van der Waals surface area contributed by atoms with Gasteiger partial charge in [0.15, 0.2) is 5.82 Å². The summed E-state index contributed by atoms with van der Waals surface area (Å²) in [5, 5.41) is 4.50. The standard InChI is InChI=1S/C15H22N6S/c1-4-16-15-17-14(18-21(15)5-1)12-19-6-2-13(3-7-19)20-8-10-22-11-9-20/h1,4-5,13H,2-3,6-12H2. The highest BCUT2D eigenvalue weighted by Crippen LogP contribution is 2.21. The van der Waals surface area contributed by atoms with Gasteiger partial charge >= 0.3 is 0 Å². The SMILES string of the molecule is c1cnc2nc(CN3CCC(N4CCSCC4)CC3)nn2c1. The zero-order valence-electron chi connectivity index (χ0n) is 12.8. The molecule has 6 nitrogen and oxygen atoms in total. The average molecular weight is 318 g/mol. The van der Waals surface area contributed by atoms with Crippen LogP contribution in [0.1, 0.15) is 18.7 Å². The Balaban J connectivity index is 1.33. The molecule has 0 aliphatic carbocycles. The number of hydrogen-bond donors (Lipinski definition) is 0. The summed E-state index contributed by atoms with van der Waals surface area (Å²) in [6.45, 7) is 5.69. The molecule has 2 aromatic rings. The first kappa shape index (κ1) is 14.4. The smallest absolute Gasteiger partial charge is 0.252 e. The zero-order valence-corrected chi connectivity index (χ0v) is 13.6. The van der Waals surface area contributed by atoms with E-state index in [9.17, 15) is 0 Å². The van der Waals surface area contributed by atoms with Gasteiger partial charge in [0.25, 0.3) is 5.78 Å². The minimum Gasteiger partial charge on any atom is -0.299 e. The first-order valence-electron chi connectivity index (χ1n) is 8.09. The second kappa shape index (κ2) is 6.52. The van der Waals surface area contributed by atoms with Crippen molar-refractivity contribution in [1.29, 1.82) is 0 Å². The fourth-order valence-corrected chi connectivity index (χ4v) is 4.36. The van der Waals surface area contributed by atoms with Gasteiger partial charge in [-0.25, -0.2) is 9.50 Å². The number of thioether (sulfide) groups is 1. The molecular formula is C15H22N6S. The Kier molecular flexibility index (Phi) is 4.27. The van der Waals surface area contributed by atoms with Crippen LogP contribution in [0.25, 0.3) is 5.78 Å². The lowest BCUT2D eigenvalue weighted by Gasteiger charge is -2.39. The van der Waals surface area contributed by atoms with Crippen molar-refractivity contribution in [2.45, 2.75) is 25.4 Å². The molecule has 2 aliphatic heterocycles. The second-order valence-electron chi connectivity index (χ2n) is 6.05. The van der Waals surface area contributed by atoms with Crippen LogP contribution >= 0.6 is 11.8 Å². The van der Waals surface area contributed by atoms with Gasteiger partial charge in [-0.1, -0.05) is 0 Å². The summed E-state index contributed by atoms with van der Waals surface area (Å²) in [5.41, 5.74) is 0. The van der Waals surface area contributed by atoms with Crippen LogP contribution in [0.2, 0.25) is 0 Å². The molecule has 0 atom stereocenters. The van der Waals surface area contributed by atoms with E-state index in [1.165, 1.54) is 37.4 Å². The predicted molar refractivity (Wildman–Crippen MR) is 88.0 cm³/mol. The Hall–Kier alpha value is -1.18. The number of hydrogen-bond acceptors (Lipinski definition) is 6. The van der Waals surface area contributed by atoms with E-state index in [0.29, 0.717) is 5.78 Å². The summed E-state index contributed by atoms with van der Waals surface area (Å²) >= 11 is 2.09. The highest BCUT2D eigenvalue weighted by atomic mass is 32.2. The van der Waals surface area contributed by atoms with Gasteiger partial charge in [0.05, 0.1) is 6.54 Å². The van der Waals surface area contributed by atoms with Gasteiger partial charge in [-0.15, -0.1) is 5.10 Å². The van der Waals surface area contributed by atoms with Crippen LogP contribution in [0.4, 0.5) is 0 Å². The molecule has 0 unspecified atom stereocenters. The largest absolute Gasteiger partial charge is 0.299 e. The van der Waals surface area contributed by atoms with E-state index in [4.69, 9.17) is 0 Å². The van der Waals surface area contributed by atoms with Crippen molar-refractivity contribution in [3.05, 3.63) is 24.3 Å². The first-order valence-corrected chi connectivity index (χ1v) is 9.24. The molecule has 118 valence electrons. The predicted octanol–water partition coefficient (Wildman–Crippen LogP) is 1.14. The van der Waals surface area contributed by atoms with E-state index in [-0.39, 0.29) is 0 Å². The number of nitrogens with zero attached hydrogens (tertiary/aromatic N) is 6. The van der Waals surface area contributed by atoms with Crippen LogP contribution < -0.4 is 0 Å². The van der Waals surface area contributed by atoms with Gasteiger partial charge in [-0.05, 0) is 18.9 Å². The normalized spacial score (nSPS) is 22.4. The quantitative estimate of drug-likeness (QED) is 0.846. The third-order valence-electron chi connectivity index (χ3n) is 4.64. The Labute approximate surface area is 134 Å². The number of piperidine rings is 1. The molecule has 2 aromatic heterocycles. The van der Waals surface area contributed by atoms with Crippen molar-refractivity contribution in [2.24, 2.45) is 0 Å². The zero-order chi connectivity index (χ0) is 14.8. The van der Waals surface area contributed by atoms with Gasteiger partial charge < -0.3 is 0 Å². The van der Waals surface area contributed by atoms with Crippen molar-refractivity contribution in [1.82, 2.24) is 29.4 Å². The van der Waals surface area contributed by atoms with E-state index < -0.39 is 0 Å². The van der Waals surface area contributed by atoms with Crippen molar-refractivity contribution >= 4 is 17.5 Å². The van der Waals surface area contributed by atoms with Crippen molar-refractivity contribution in [3.8, 4) is 0 Å². The minimum atomic E-state index is 0.693. The molecule has 2 fully saturated rings. The van der Waals surface area contributed by atoms with Gasteiger partial charge in [0.1, 0.15) is 0 Å². The Morgan fingerprint density at radius 1 is 1.14 bits per heavy atom. The van der Waals surface area contributed by atoms with E-state index in [2.05, 4.69) is 36.6 Å². The lowest BCUT2D eigenvalue weighted by Crippen LogP contribution is -2.47. The van der Waals surface area contributed by atoms with Crippen molar-refractivity contribution in [3.63, 3.8) is 0 Å². The number of aromatic nitrogens is 4. The molecule has 4 heterocycles. The van der Waals surface area contributed by atoms with Crippen LogP contribution in [0, 0.1) is 0 Å². The summed E-state index contributed by atoms with van der Waals surface area (Å²) < 4.78 is 1.76.